The number of nitrogens with one attached hydrogen (secondary N) is 2. The fraction of sp³-hybridized carbons (Fsp3) is 0.529. The van der Waals surface area contributed by atoms with Gasteiger partial charge in [-0.2, -0.15) is 4.31 Å². The van der Waals surface area contributed by atoms with Crippen molar-refractivity contribution in [3.63, 3.8) is 0 Å². The first-order valence-electron chi connectivity index (χ1n) is 8.37. The maximum Gasteiger partial charge on any atom is 0.269 e. The van der Waals surface area contributed by atoms with Gasteiger partial charge >= 0.3 is 0 Å². The smallest absolute Gasteiger partial charge is 0.269 e. The molecule has 0 radical (unpaired) electrons. The predicted molar refractivity (Wildman–Crippen MR) is 95.7 cm³/mol. The standard InChI is InChI=1S/C17H25N3O5S/c1-17(2,3)12-15(21)18-19-16(22)13-5-4-6-14(11-13)26(23,24)20-7-9-25-10-8-20/h4-6,11H,7-10,12H2,1-3H3,(H,18,21)(H,19,22). The van der Waals surface area contributed by atoms with Gasteiger partial charge in [0.05, 0.1) is 18.1 Å². The Morgan fingerprint density at radius 3 is 2.42 bits per heavy atom. The fourth-order valence-electron chi connectivity index (χ4n) is 2.46. The van der Waals surface area contributed by atoms with Crippen molar-refractivity contribution in [3.05, 3.63) is 29.8 Å². The third kappa shape index (κ3) is 5.52. The zero-order chi connectivity index (χ0) is 19.4. The Bertz CT molecular complexity index is 765. The minimum Gasteiger partial charge on any atom is -0.379 e. The van der Waals surface area contributed by atoms with Crippen LogP contribution >= 0.6 is 0 Å². The summed E-state index contributed by atoms with van der Waals surface area (Å²) in [4.78, 5) is 24.0. The number of morpholine rings is 1. The molecule has 0 saturated carbocycles. The van der Waals surface area contributed by atoms with E-state index in [0.29, 0.717) is 13.2 Å². The Morgan fingerprint density at radius 2 is 1.81 bits per heavy atom. The van der Waals surface area contributed by atoms with Crippen molar-refractivity contribution in [1.29, 1.82) is 0 Å². The second-order valence-corrected chi connectivity index (χ2v) is 9.22. The molecule has 1 aromatic rings. The molecule has 144 valence electrons. The van der Waals surface area contributed by atoms with Crippen molar-refractivity contribution in [3.8, 4) is 0 Å². The van der Waals surface area contributed by atoms with Crippen LogP contribution in [0.3, 0.4) is 0 Å². The molecular weight excluding hydrogens is 358 g/mol. The van der Waals surface area contributed by atoms with E-state index < -0.39 is 15.9 Å². The minimum absolute atomic E-state index is 0.0352. The van der Waals surface area contributed by atoms with Gasteiger partial charge in [0.25, 0.3) is 5.91 Å². The van der Waals surface area contributed by atoms with Crippen molar-refractivity contribution < 1.29 is 22.7 Å². The molecule has 1 fully saturated rings. The molecule has 0 aliphatic carbocycles. The highest BCUT2D eigenvalue weighted by atomic mass is 32.2. The van der Waals surface area contributed by atoms with Gasteiger partial charge in [-0.25, -0.2) is 8.42 Å². The van der Waals surface area contributed by atoms with Crippen molar-refractivity contribution >= 4 is 21.8 Å². The van der Waals surface area contributed by atoms with E-state index in [1.165, 1.54) is 28.6 Å². The van der Waals surface area contributed by atoms with Crippen molar-refractivity contribution in [1.82, 2.24) is 15.2 Å². The van der Waals surface area contributed by atoms with Crippen LogP contribution < -0.4 is 10.9 Å². The number of hydrogen-bond acceptors (Lipinski definition) is 5. The number of carbonyl (C=O) groups excluding carboxylic acids is 2. The number of benzene rings is 1. The van der Waals surface area contributed by atoms with Gasteiger partial charge in [-0.05, 0) is 23.6 Å². The predicted octanol–water partition coefficient (Wildman–Crippen LogP) is 0.905. The summed E-state index contributed by atoms with van der Waals surface area (Å²) >= 11 is 0. The Kier molecular flexibility index (Phi) is 6.38. The molecule has 0 bridgehead atoms. The van der Waals surface area contributed by atoms with Gasteiger partial charge in [0.2, 0.25) is 15.9 Å². The Labute approximate surface area is 153 Å². The molecule has 0 aromatic heterocycles. The molecule has 26 heavy (non-hydrogen) atoms. The van der Waals surface area contributed by atoms with E-state index in [9.17, 15) is 18.0 Å². The number of hydrogen-bond donors (Lipinski definition) is 2. The lowest BCUT2D eigenvalue weighted by atomic mass is 9.92. The molecule has 1 aromatic carbocycles. The molecule has 2 amide bonds. The molecule has 1 heterocycles. The summed E-state index contributed by atoms with van der Waals surface area (Å²) in [5.41, 5.74) is 4.60. The molecule has 0 atom stereocenters. The summed E-state index contributed by atoms with van der Waals surface area (Å²) in [5.74, 6) is -0.894. The highest BCUT2D eigenvalue weighted by molar-refractivity contribution is 7.89. The number of rotatable bonds is 4. The van der Waals surface area contributed by atoms with E-state index >= 15 is 0 Å². The van der Waals surface area contributed by atoms with Crippen LogP contribution in [0.25, 0.3) is 0 Å². The van der Waals surface area contributed by atoms with E-state index in [0.717, 1.165) is 0 Å². The lowest BCUT2D eigenvalue weighted by Crippen LogP contribution is -2.43. The third-order valence-electron chi connectivity index (χ3n) is 3.71. The summed E-state index contributed by atoms with van der Waals surface area (Å²) in [6, 6.07) is 5.73. The third-order valence-corrected chi connectivity index (χ3v) is 5.61. The molecule has 2 rings (SSSR count). The molecule has 1 aliphatic rings. The maximum atomic E-state index is 12.7. The van der Waals surface area contributed by atoms with Crippen LogP contribution in [-0.2, 0) is 19.6 Å². The van der Waals surface area contributed by atoms with Crippen LogP contribution in [0.15, 0.2) is 29.2 Å². The number of nitrogens with zero attached hydrogens (tertiary/aromatic N) is 1. The second kappa shape index (κ2) is 8.15. The number of hydrazine groups is 1. The van der Waals surface area contributed by atoms with Gasteiger partial charge in [-0.1, -0.05) is 26.8 Å². The Hall–Kier alpha value is -1.97. The monoisotopic (exact) mass is 383 g/mol. The number of amides is 2. The number of carbonyl (C=O) groups is 2. The summed E-state index contributed by atoms with van der Waals surface area (Å²) < 4.78 is 31.8. The van der Waals surface area contributed by atoms with Gasteiger partial charge < -0.3 is 4.74 Å². The molecule has 2 N–H and O–H groups in total. The van der Waals surface area contributed by atoms with E-state index in [1.54, 1.807) is 0 Å². The van der Waals surface area contributed by atoms with Crippen molar-refractivity contribution in [2.75, 3.05) is 26.3 Å². The van der Waals surface area contributed by atoms with E-state index in [-0.39, 0.29) is 41.3 Å². The number of ether oxygens (including phenoxy) is 1. The molecule has 1 aliphatic heterocycles. The lowest BCUT2D eigenvalue weighted by molar-refractivity contribution is -0.123. The average molecular weight is 383 g/mol. The van der Waals surface area contributed by atoms with Crippen LogP contribution in [0.5, 0.6) is 0 Å². The number of sulfonamides is 1. The molecule has 9 heteroatoms. The van der Waals surface area contributed by atoms with E-state index in [4.69, 9.17) is 4.74 Å². The normalized spacial score (nSPS) is 16.1. The molecular formula is C17H25N3O5S. The van der Waals surface area contributed by atoms with Gasteiger partial charge in [0.1, 0.15) is 0 Å². The largest absolute Gasteiger partial charge is 0.379 e. The summed E-state index contributed by atoms with van der Waals surface area (Å²) in [7, 11) is -3.69. The quantitative estimate of drug-likeness (QED) is 0.752. The first kappa shape index (κ1) is 20.3. The highest BCUT2D eigenvalue weighted by Crippen LogP contribution is 2.19. The summed E-state index contributed by atoms with van der Waals surface area (Å²) in [5, 5.41) is 0. The van der Waals surface area contributed by atoms with Gasteiger partial charge in [-0.3, -0.25) is 20.4 Å². The van der Waals surface area contributed by atoms with E-state index in [1.807, 2.05) is 20.8 Å². The van der Waals surface area contributed by atoms with E-state index in [2.05, 4.69) is 10.9 Å². The van der Waals surface area contributed by atoms with Crippen molar-refractivity contribution in [2.45, 2.75) is 32.1 Å². The topological polar surface area (TPSA) is 105 Å². The first-order chi connectivity index (χ1) is 12.1. The van der Waals surface area contributed by atoms with Crippen molar-refractivity contribution in [2.24, 2.45) is 5.41 Å². The molecule has 8 nitrogen and oxygen atoms in total. The lowest BCUT2D eigenvalue weighted by Gasteiger charge is -2.26. The molecule has 0 spiro atoms. The fourth-order valence-corrected chi connectivity index (χ4v) is 3.91. The molecule has 1 saturated heterocycles. The zero-order valence-electron chi connectivity index (χ0n) is 15.2. The summed E-state index contributed by atoms with van der Waals surface area (Å²) in [6.07, 6.45) is 0.249. The Balaban J connectivity index is 2.06. The SMILES string of the molecule is CC(C)(C)CC(=O)NNC(=O)c1cccc(S(=O)(=O)N2CCOCC2)c1. The Morgan fingerprint density at radius 1 is 1.15 bits per heavy atom. The first-order valence-corrected chi connectivity index (χ1v) is 9.81. The highest BCUT2D eigenvalue weighted by Gasteiger charge is 2.27. The van der Waals surface area contributed by atoms with Crippen LogP contribution in [0.2, 0.25) is 0 Å². The maximum absolute atomic E-state index is 12.7. The minimum atomic E-state index is -3.69. The van der Waals surface area contributed by atoms with Gasteiger partial charge in [0.15, 0.2) is 0 Å². The second-order valence-electron chi connectivity index (χ2n) is 7.28. The van der Waals surface area contributed by atoms with Crippen LogP contribution in [0.4, 0.5) is 0 Å². The van der Waals surface area contributed by atoms with Gasteiger partial charge in [-0.15, -0.1) is 0 Å². The average Bonchev–Trinajstić information content (AvgIpc) is 2.59. The van der Waals surface area contributed by atoms with Crippen LogP contribution in [0.1, 0.15) is 37.6 Å². The van der Waals surface area contributed by atoms with Crippen LogP contribution in [0, 0.1) is 5.41 Å². The van der Waals surface area contributed by atoms with Gasteiger partial charge in [0, 0.05) is 25.1 Å². The summed E-state index contributed by atoms with van der Waals surface area (Å²) in [6.45, 7) is 6.98. The molecule has 0 unspecified atom stereocenters. The zero-order valence-corrected chi connectivity index (χ0v) is 16.1. The van der Waals surface area contributed by atoms with Crippen LogP contribution in [-0.4, -0.2) is 50.8 Å².